The van der Waals surface area contributed by atoms with E-state index in [0.29, 0.717) is 0 Å². The Bertz CT molecular complexity index is 492. The number of nitrogens with zero attached hydrogens (tertiary/aromatic N) is 2. The molecule has 1 N–H and O–H groups in total. The van der Waals surface area contributed by atoms with E-state index in [9.17, 15) is 5.11 Å². The molecule has 2 rings (SSSR count). The lowest BCUT2D eigenvalue weighted by molar-refractivity contribution is 0.177. The maximum atomic E-state index is 9.30. The van der Waals surface area contributed by atoms with Crippen molar-refractivity contribution in [2.24, 2.45) is 7.05 Å². The van der Waals surface area contributed by atoms with Crippen LogP contribution in [0, 0.1) is 0 Å². The number of benzene rings is 1. The van der Waals surface area contributed by atoms with Crippen molar-refractivity contribution in [3.05, 3.63) is 59.9 Å². The van der Waals surface area contributed by atoms with Crippen LogP contribution in [0.3, 0.4) is 0 Å². The van der Waals surface area contributed by atoms with Gasteiger partial charge >= 0.3 is 0 Å². The maximum absolute atomic E-state index is 9.30. The average Bonchev–Trinajstić information content (AvgIpc) is 2.82. The van der Waals surface area contributed by atoms with Crippen molar-refractivity contribution >= 4 is 0 Å². The molecule has 0 saturated carbocycles. The van der Waals surface area contributed by atoms with Crippen molar-refractivity contribution in [3.63, 3.8) is 0 Å². The van der Waals surface area contributed by atoms with Gasteiger partial charge in [0.05, 0.1) is 0 Å². The Hall–Kier alpha value is -1.58. The second kappa shape index (κ2) is 6.55. The lowest BCUT2D eigenvalue weighted by Crippen LogP contribution is -2.26. The van der Waals surface area contributed by atoms with E-state index >= 15 is 0 Å². The number of rotatable bonds is 6. The second-order valence-electron chi connectivity index (χ2n) is 4.96. The Labute approximate surface area is 115 Å². The van der Waals surface area contributed by atoms with Crippen LogP contribution in [0.1, 0.15) is 23.7 Å². The highest BCUT2D eigenvalue weighted by molar-refractivity contribution is 5.19. The average molecular weight is 258 g/mol. The quantitative estimate of drug-likeness (QED) is 0.862. The molecule has 1 aromatic carbocycles. The van der Waals surface area contributed by atoms with Gasteiger partial charge < -0.3 is 9.67 Å². The summed E-state index contributed by atoms with van der Waals surface area (Å²) in [6.45, 7) is 1.08. The minimum Gasteiger partial charge on any atom is -0.396 e. The molecular formula is C16H22N2O. The Morgan fingerprint density at radius 2 is 1.89 bits per heavy atom. The first-order valence-corrected chi connectivity index (χ1v) is 6.68. The molecule has 1 atom stereocenters. The largest absolute Gasteiger partial charge is 0.396 e. The summed E-state index contributed by atoms with van der Waals surface area (Å²) < 4.78 is 2.14. The van der Waals surface area contributed by atoms with E-state index in [1.807, 2.05) is 6.07 Å². The fourth-order valence-corrected chi connectivity index (χ4v) is 2.47. The Morgan fingerprint density at radius 1 is 1.16 bits per heavy atom. The zero-order chi connectivity index (χ0) is 13.7. The molecule has 1 heterocycles. The third-order valence-electron chi connectivity index (χ3n) is 3.58. The van der Waals surface area contributed by atoms with E-state index < -0.39 is 0 Å². The van der Waals surface area contributed by atoms with Gasteiger partial charge in [-0.15, -0.1) is 0 Å². The van der Waals surface area contributed by atoms with Crippen LogP contribution < -0.4 is 0 Å². The fourth-order valence-electron chi connectivity index (χ4n) is 2.47. The van der Waals surface area contributed by atoms with Gasteiger partial charge in [-0.2, -0.15) is 0 Å². The summed E-state index contributed by atoms with van der Waals surface area (Å²) in [6, 6.07) is 14.8. The SMILES string of the molecule is CN(Cc1cccn1C)C(CCO)c1ccccc1. The van der Waals surface area contributed by atoms with Crippen molar-refractivity contribution in [1.29, 1.82) is 0 Å². The van der Waals surface area contributed by atoms with Gasteiger partial charge in [0.25, 0.3) is 0 Å². The predicted molar refractivity (Wildman–Crippen MR) is 77.8 cm³/mol. The number of aliphatic hydroxyl groups excluding tert-OH is 1. The first-order valence-electron chi connectivity index (χ1n) is 6.68. The van der Waals surface area contributed by atoms with Gasteiger partial charge in [0.2, 0.25) is 0 Å². The lowest BCUT2D eigenvalue weighted by atomic mass is 10.0. The Balaban J connectivity index is 2.13. The summed E-state index contributed by atoms with van der Waals surface area (Å²) in [5.41, 5.74) is 2.54. The maximum Gasteiger partial charge on any atom is 0.0449 e. The molecule has 0 saturated heterocycles. The van der Waals surface area contributed by atoms with Gasteiger partial charge in [-0.25, -0.2) is 0 Å². The Kier molecular flexibility index (Phi) is 4.77. The van der Waals surface area contributed by atoms with Crippen molar-refractivity contribution in [2.75, 3.05) is 13.7 Å². The zero-order valence-corrected chi connectivity index (χ0v) is 11.7. The summed E-state index contributed by atoms with van der Waals surface area (Å²) in [4.78, 5) is 2.29. The van der Waals surface area contributed by atoms with Gasteiger partial charge in [-0.05, 0) is 31.2 Å². The van der Waals surface area contributed by atoms with E-state index in [4.69, 9.17) is 0 Å². The first kappa shape index (κ1) is 13.8. The normalized spacial score (nSPS) is 12.8. The Morgan fingerprint density at radius 3 is 2.47 bits per heavy atom. The molecule has 0 fully saturated rings. The van der Waals surface area contributed by atoms with E-state index in [1.165, 1.54) is 11.3 Å². The van der Waals surface area contributed by atoms with Crippen LogP contribution in [0.4, 0.5) is 0 Å². The summed E-state index contributed by atoms with van der Waals surface area (Å²) in [5.74, 6) is 0. The minimum atomic E-state index is 0.205. The van der Waals surface area contributed by atoms with Crippen LogP contribution in [0.5, 0.6) is 0 Å². The number of aromatic nitrogens is 1. The van der Waals surface area contributed by atoms with E-state index in [-0.39, 0.29) is 12.6 Å². The summed E-state index contributed by atoms with van der Waals surface area (Å²) >= 11 is 0. The standard InChI is InChI=1S/C16H22N2O/c1-17-11-6-9-15(17)13-18(2)16(10-12-19)14-7-4-3-5-8-14/h3-9,11,16,19H,10,12-13H2,1-2H3. The molecule has 1 aromatic heterocycles. The number of aryl methyl sites for hydroxylation is 1. The molecule has 1 unspecified atom stereocenters. The molecule has 3 nitrogen and oxygen atoms in total. The molecule has 3 heteroatoms. The van der Waals surface area contributed by atoms with Crippen molar-refractivity contribution in [1.82, 2.24) is 9.47 Å². The van der Waals surface area contributed by atoms with Crippen LogP contribution in [0.15, 0.2) is 48.7 Å². The summed E-state index contributed by atoms with van der Waals surface area (Å²) in [6.07, 6.45) is 2.82. The molecule has 0 spiro atoms. The van der Waals surface area contributed by atoms with Crippen molar-refractivity contribution < 1.29 is 5.11 Å². The van der Waals surface area contributed by atoms with E-state index in [2.05, 4.69) is 66.2 Å². The molecular weight excluding hydrogens is 236 g/mol. The van der Waals surface area contributed by atoms with E-state index in [0.717, 1.165) is 13.0 Å². The number of hydrogen-bond donors (Lipinski definition) is 1. The summed E-state index contributed by atoms with van der Waals surface area (Å²) in [5, 5.41) is 9.30. The molecule has 2 aromatic rings. The smallest absolute Gasteiger partial charge is 0.0449 e. The van der Waals surface area contributed by atoms with Crippen LogP contribution in [0.2, 0.25) is 0 Å². The highest BCUT2D eigenvalue weighted by Gasteiger charge is 2.17. The van der Waals surface area contributed by atoms with Gasteiger partial charge in [0.1, 0.15) is 0 Å². The molecule has 0 aliphatic rings. The minimum absolute atomic E-state index is 0.205. The summed E-state index contributed by atoms with van der Waals surface area (Å²) in [7, 11) is 4.17. The zero-order valence-electron chi connectivity index (χ0n) is 11.7. The third kappa shape index (κ3) is 3.46. The van der Waals surface area contributed by atoms with Gasteiger partial charge in [-0.1, -0.05) is 30.3 Å². The van der Waals surface area contributed by atoms with Gasteiger partial charge in [0.15, 0.2) is 0 Å². The first-order chi connectivity index (χ1) is 9.22. The predicted octanol–water partition coefficient (Wildman–Crippen LogP) is 2.58. The molecule has 19 heavy (non-hydrogen) atoms. The highest BCUT2D eigenvalue weighted by atomic mass is 16.3. The van der Waals surface area contributed by atoms with Crippen LogP contribution >= 0.6 is 0 Å². The van der Waals surface area contributed by atoms with Crippen LogP contribution in [0.25, 0.3) is 0 Å². The molecule has 102 valence electrons. The van der Waals surface area contributed by atoms with Crippen molar-refractivity contribution in [3.8, 4) is 0 Å². The number of hydrogen-bond acceptors (Lipinski definition) is 2. The van der Waals surface area contributed by atoms with Gasteiger partial charge in [-0.3, -0.25) is 4.90 Å². The van der Waals surface area contributed by atoms with Gasteiger partial charge in [0, 0.05) is 38.1 Å². The van der Waals surface area contributed by atoms with E-state index in [1.54, 1.807) is 0 Å². The molecule has 0 radical (unpaired) electrons. The molecule has 0 bridgehead atoms. The fraction of sp³-hybridized carbons (Fsp3) is 0.375. The van der Waals surface area contributed by atoms with Crippen LogP contribution in [-0.2, 0) is 13.6 Å². The molecule has 0 aliphatic carbocycles. The molecule has 0 amide bonds. The molecule has 0 aliphatic heterocycles. The van der Waals surface area contributed by atoms with Crippen LogP contribution in [-0.4, -0.2) is 28.2 Å². The second-order valence-corrected chi connectivity index (χ2v) is 4.96. The highest BCUT2D eigenvalue weighted by Crippen LogP contribution is 2.24. The lowest BCUT2D eigenvalue weighted by Gasteiger charge is -2.28. The third-order valence-corrected chi connectivity index (χ3v) is 3.58. The number of aliphatic hydroxyl groups is 1. The monoisotopic (exact) mass is 258 g/mol. The topological polar surface area (TPSA) is 28.4 Å². The van der Waals surface area contributed by atoms with Crippen molar-refractivity contribution in [2.45, 2.75) is 19.0 Å².